The Bertz CT molecular complexity index is 590. The molecule has 1 aliphatic carbocycles. The third kappa shape index (κ3) is 2.29. The zero-order valence-corrected chi connectivity index (χ0v) is 12.8. The van der Waals surface area contributed by atoms with E-state index in [-0.39, 0.29) is 0 Å². The van der Waals surface area contributed by atoms with Crippen molar-refractivity contribution in [3.8, 4) is 0 Å². The van der Waals surface area contributed by atoms with E-state index >= 15 is 0 Å². The number of anilines is 1. The van der Waals surface area contributed by atoms with Gasteiger partial charge in [0.25, 0.3) is 0 Å². The third-order valence-electron chi connectivity index (χ3n) is 3.73. The molecule has 3 heterocycles. The van der Waals surface area contributed by atoms with Gasteiger partial charge in [-0.15, -0.1) is 10.2 Å². The van der Waals surface area contributed by atoms with Crippen LogP contribution >= 0.6 is 27.3 Å². The first-order chi connectivity index (χ1) is 9.29. The predicted molar refractivity (Wildman–Crippen MR) is 77.7 cm³/mol. The molecule has 1 atom stereocenters. The van der Waals surface area contributed by atoms with Crippen LogP contribution in [0.25, 0.3) is 0 Å². The Morgan fingerprint density at radius 1 is 1.26 bits per heavy atom. The first kappa shape index (κ1) is 11.8. The van der Waals surface area contributed by atoms with E-state index in [1.807, 2.05) is 17.1 Å². The van der Waals surface area contributed by atoms with Gasteiger partial charge in [0.1, 0.15) is 5.01 Å². The first-order valence-corrected chi connectivity index (χ1v) is 8.18. The molecule has 2 aromatic heterocycles. The van der Waals surface area contributed by atoms with Crippen molar-refractivity contribution in [2.45, 2.75) is 31.2 Å². The lowest BCUT2D eigenvalue weighted by atomic mass is 10.3. The number of hydrogen-bond donors (Lipinski definition) is 0. The standard InChI is InChI=1S/C12H14BrN5S/c13-9-5-14-18(6-9)10-3-4-17(7-10)12-16-15-11(19-12)8-1-2-8/h5-6,8,10H,1-4,7H2. The summed E-state index contributed by atoms with van der Waals surface area (Å²) in [6.45, 7) is 2.02. The Hall–Kier alpha value is -0.950. The lowest BCUT2D eigenvalue weighted by molar-refractivity contribution is 0.494. The van der Waals surface area contributed by atoms with Gasteiger partial charge >= 0.3 is 0 Å². The van der Waals surface area contributed by atoms with Crippen LogP contribution in [0.1, 0.15) is 36.2 Å². The zero-order valence-electron chi connectivity index (χ0n) is 10.4. The molecule has 2 fully saturated rings. The molecule has 2 aliphatic rings. The van der Waals surface area contributed by atoms with Crippen LogP contribution in [0.15, 0.2) is 16.9 Å². The highest BCUT2D eigenvalue weighted by Gasteiger charge is 2.31. The van der Waals surface area contributed by atoms with Crippen molar-refractivity contribution >= 4 is 32.4 Å². The number of nitrogens with zero attached hydrogens (tertiary/aromatic N) is 5. The minimum absolute atomic E-state index is 0.444. The van der Waals surface area contributed by atoms with E-state index in [0.29, 0.717) is 12.0 Å². The fourth-order valence-corrected chi connectivity index (χ4v) is 3.84. The second-order valence-corrected chi connectivity index (χ2v) is 7.13. The fourth-order valence-electron chi connectivity index (χ4n) is 2.50. The van der Waals surface area contributed by atoms with E-state index in [1.54, 1.807) is 11.3 Å². The predicted octanol–water partition coefficient (Wildman–Crippen LogP) is 2.83. The smallest absolute Gasteiger partial charge is 0.208 e. The average Bonchev–Trinajstić information content (AvgIpc) is 2.86. The topological polar surface area (TPSA) is 46.8 Å². The number of aromatic nitrogens is 4. The van der Waals surface area contributed by atoms with Gasteiger partial charge < -0.3 is 4.90 Å². The lowest BCUT2D eigenvalue weighted by Gasteiger charge is -2.14. The first-order valence-electron chi connectivity index (χ1n) is 6.57. The van der Waals surface area contributed by atoms with Gasteiger partial charge in [-0.2, -0.15) is 5.10 Å². The summed E-state index contributed by atoms with van der Waals surface area (Å²) in [5.74, 6) is 0.701. The van der Waals surface area contributed by atoms with Crippen molar-refractivity contribution in [2.24, 2.45) is 0 Å². The molecule has 0 amide bonds. The number of halogens is 1. The largest absolute Gasteiger partial charge is 0.344 e. The summed E-state index contributed by atoms with van der Waals surface area (Å²) in [6, 6.07) is 0.444. The molecule has 1 saturated heterocycles. The van der Waals surface area contributed by atoms with Gasteiger partial charge in [-0.25, -0.2) is 0 Å². The molecule has 0 radical (unpaired) electrons. The van der Waals surface area contributed by atoms with Crippen molar-refractivity contribution in [1.82, 2.24) is 20.0 Å². The van der Waals surface area contributed by atoms with E-state index < -0.39 is 0 Å². The lowest BCUT2D eigenvalue weighted by Crippen LogP contribution is -2.20. The highest BCUT2D eigenvalue weighted by Crippen LogP contribution is 2.43. The summed E-state index contributed by atoms with van der Waals surface area (Å²) in [7, 11) is 0. The molecule has 0 N–H and O–H groups in total. The van der Waals surface area contributed by atoms with Crippen LogP contribution in [-0.2, 0) is 0 Å². The fraction of sp³-hybridized carbons (Fsp3) is 0.583. The van der Waals surface area contributed by atoms with Gasteiger partial charge in [-0.3, -0.25) is 4.68 Å². The van der Waals surface area contributed by atoms with Gasteiger partial charge in [0.2, 0.25) is 5.13 Å². The molecule has 7 heteroatoms. The third-order valence-corrected chi connectivity index (χ3v) is 5.29. The number of hydrogen-bond acceptors (Lipinski definition) is 5. The van der Waals surface area contributed by atoms with E-state index in [4.69, 9.17) is 0 Å². The molecule has 5 nitrogen and oxygen atoms in total. The highest BCUT2D eigenvalue weighted by atomic mass is 79.9. The van der Waals surface area contributed by atoms with Crippen molar-refractivity contribution < 1.29 is 0 Å². The van der Waals surface area contributed by atoms with E-state index in [2.05, 4.69) is 36.1 Å². The van der Waals surface area contributed by atoms with Crippen molar-refractivity contribution in [3.63, 3.8) is 0 Å². The summed E-state index contributed by atoms with van der Waals surface area (Å²) in [6.07, 6.45) is 7.59. The monoisotopic (exact) mass is 339 g/mol. The van der Waals surface area contributed by atoms with Crippen LogP contribution in [0.4, 0.5) is 5.13 Å². The van der Waals surface area contributed by atoms with Gasteiger partial charge in [-0.05, 0) is 35.2 Å². The molecular weight excluding hydrogens is 326 g/mol. The molecule has 100 valence electrons. The summed E-state index contributed by atoms with van der Waals surface area (Å²) in [4.78, 5) is 2.34. The van der Waals surface area contributed by atoms with Crippen LogP contribution in [-0.4, -0.2) is 33.1 Å². The van der Waals surface area contributed by atoms with Crippen LogP contribution in [0.5, 0.6) is 0 Å². The zero-order chi connectivity index (χ0) is 12.8. The Kier molecular flexibility index (Phi) is 2.84. The summed E-state index contributed by atoms with van der Waals surface area (Å²) in [5.41, 5.74) is 0. The van der Waals surface area contributed by atoms with E-state index in [0.717, 1.165) is 29.1 Å². The van der Waals surface area contributed by atoms with Crippen LogP contribution < -0.4 is 4.90 Å². The Morgan fingerprint density at radius 2 is 2.16 bits per heavy atom. The maximum atomic E-state index is 4.38. The van der Waals surface area contributed by atoms with Gasteiger partial charge in [-0.1, -0.05) is 11.3 Å². The minimum atomic E-state index is 0.444. The van der Waals surface area contributed by atoms with Crippen molar-refractivity contribution in [3.05, 3.63) is 21.9 Å². The second kappa shape index (κ2) is 4.56. The SMILES string of the molecule is Brc1cnn(C2CCN(c3nnc(C4CC4)s3)C2)c1. The van der Waals surface area contributed by atoms with Gasteiger partial charge in [0.05, 0.1) is 16.7 Å². The molecule has 0 spiro atoms. The van der Waals surface area contributed by atoms with E-state index in [1.165, 1.54) is 17.8 Å². The van der Waals surface area contributed by atoms with Crippen LogP contribution in [0.2, 0.25) is 0 Å². The maximum absolute atomic E-state index is 4.38. The molecule has 1 unspecified atom stereocenters. The Morgan fingerprint density at radius 3 is 2.89 bits per heavy atom. The van der Waals surface area contributed by atoms with Crippen LogP contribution in [0, 0.1) is 0 Å². The average molecular weight is 340 g/mol. The van der Waals surface area contributed by atoms with Crippen LogP contribution in [0.3, 0.4) is 0 Å². The molecule has 2 aromatic rings. The summed E-state index contributed by atoms with van der Waals surface area (Å²) < 4.78 is 3.09. The normalized spacial score (nSPS) is 23.2. The maximum Gasteiger partial charge on any atom is 0.208 e. The molecule has 1 aliphatic heterocycles. The molecule has 0 aromatic carbocycles. The van der Waals surface area contributed by atoms with Crippen molar-refractivity contribution in [2.75, 3.05) is 18.0 Å². The van der Waals surface area contributed by atoms with Gasteiger partial charge in [0, 0.05) is 25.2 Å². The minimum Gasteiger partial charge on any atom is -0.344 e. The van der Waals surface area contributed by atoms with Gasteiger partial charge in [0.15, 0.2) is 0 Å². The quantitative estimate of drug-likeness (QED) is 0.862. The Labute approximate surface area is 123 Å². The second-order valence-electron chi connectivity index (χ2n) is 5.22. The summed E-state index contributed by atoms with van der Waals surface area (Å²) in [5, 5.41) is 15.4. The van der Waals surface area contributed by atoms with Crippen molar-refractivity contribution in [1.29, 1.82) is 0 Å². The van der Waals surface area contributed by atoms with E-state index in [9.17, 15) is 0 Å². The Balaban J connectivity index is 1.48. The molecule has 4 rings (SSSR count). The molecule has 1 saturated carbocycles. The number of rotatable bonds is 3. The molecular formula is C12H14BrN5S. The summed E-state index contributed by atoms with van der Waals surface area (Å²) >= 11 is 5.22. The molecule has 19 heavy (non-hydrogen) atoms. The molecule has 0 bridgehead atoms. The highest BCUT2D eigenvalue weighted by molar-refractivity contribution is 9.10.